The highest BCUT2D eigenvalue weighted by atomic mass is 15.3. The van der Waals surface area contributed by atoms with Gasteiger partial charge in [-0.3, -0.25) is 9.80 Å². The first-order chi connectivity index (χ1) is 9.24. The minimum absolute atomic E-state index is 0.821. The summed E-state index contributed by atoms with van der Waals surface area (Å²) in [5, 5.41) is 0. The molecule has 0 N–H and O–H groups in total. The van der Waals surface area contributed by atoms with Crippen LogP contribution in [0.15, 0.2) is 0 Å². The molecule has 0 radical (unpaired) electrons. The van der Waals surface area contributed by atoms with E-state index in [1.807, 2.05) is 0 Å². The molecular weight excluding hydrogens is 232 g/mol. The van der Waals surface area contributed by atoms with Gasteiger partial charge in [-0.25, -0.2) is 0 Å². The zero-order valence-corrected chi connectivity index (χ0v) is 12.7. The van der Waals surface area contributed by atoms with Crippen molar-refractivity contribution in [3.63, 3.8) is 0 Å². The maximum Gasteiger partial charge on any atom is 0.0250 e. The number of hydrogen-bond donors (Lipinski definition) is 0. The summed E-state index contributed by atoms with van der Waals surface area (Å²) in [6, 6.07) is 2.70. The summed E-state index contributed by atoms with van der Waals surface area (Å²) in [6.45, 7) is 9.02. The third-order valence-corrected chi connectivity index (χ3v) is 6.13. The maximum atomic E-state index is 3.01. The molecule has 2 atom stereocenters. The van der Waals surface area contributed by atoms with E-state index < -0.39 is 0 Å². The number of rotatable bonds is 4. The molecule has 4 fully saturated rings. The second kappa shape index (κ2) is 4.73. The SMILES string of the molecule is CC(C)C1CN2CCCC2CN1C(C1CC1)C1CC1. The van der Waals surface area contributed by atoms with Crippen molar-refractivity contribution in [2.24, 2.45) is 17.8 Å². The Morgan fingerprint density at radius 2 is 1.58 bits per heavy atom. The predicted molar refractivity (Wildman–Crippen MR) is 79.2 cm³/mol. The summed E-state index contributed by atoms with van der Waals surface area (Å²) >= 11 is 0. The Bertz CT molecular complexity index is 320. The van der Waals surface area contributed by atoms with Gasteiger partial charge in [0.2, 0.25) is 0 Å². The van der Waals surface area contributed by atoms with Crippen molar-refractivity contribution < 1.29 is 0 Å². The first-order valence-corrected chi connectivity index (χ1v) is 8.74. The lowest BCUT2D eigenvalue weighted by Crippen LogP contribution is -2.61. The maximum absolute atomic E-state index is 3.01. The van der Waals surface area contributed by atoms with E-state index in [0.717, 1.165) is 35.9 Å². The Kier molecular flexibility index (Phi) is 3.15. The van der Waals surface area contributed by atoms with E-state index in [-0.39, 0.29) is 0 Å². The third-order valence-electron chi connectivity index (χ3n) is 6.13. The summed E-state index contributed by atoms with van der Waals surface area (Å²) in [6.07, 6.45) is 9.01. The molecule has 2 aliphatic carbocycles. The lowest BCUT2D eigenvalue weighted by Gasteiger charge is -2.49. The molecule has 0 aromatic rings. The van der Waals surface area contributed by atoms with Gasteiger partial charge in [0.15, 0.2) is 0 Å². The van der Waals surface area contributed by atoms with Gasteiger partial charge in [-0.15, -0.1) is 0 Å². The van der Waals surface area contributed by atoms with Gasteiger partial charge in [-0.1, -0.05) is 13.8 Å². The Hall–Kier alpha value is -0.0800. The monoisotopic (exact) mass is 262 g/mol. The zero-order valence-electron chi connectivity index (χ0n) is 12.7. The topological polar surface area (TPSA) is 6.48 Å². The first-order valence-electron chi connectivity index (χ1n) is 8.74. The van der Waals surface area contributed by atoms with Crippen LogP contribution >= 0.6 is 0 Å². The summed E-state index contributed by atoms with van der Waals surface area (Å²) in [5.41, 5.74) is 0. The smallest absolute Gasteiger partial charge is 0.0250 e. The van der Waals surface area contributed by atoms with Crippen molar-refractivity contribution in [3.05, 3.63) is 0 Å². The normalized spacial score (nSPS) is 37.3. The highest BCUT2D eigenvalue weighted by molar-refractivity contribution is 5.03. The fourth-order valence-corrected chi connectivity index (χ4v) is 4.80. The van der Waals surface area contributed by atoms with E-state index in [1.165, 1.54) is 58.2 Å². The van der Waals surface area contributed by atoms with Crippen LogP contribution in [-0.2, 0) is 0 Å². The standard InChI is InChI=1S/C17H30N2/c1-12(2)16-11-18-9-3-4-15(18)10-19(16)17(13-5-6-13)14-7-8-14/h12-17H,3-11H2,1-2H3. The van der Waals surface area contributed by atoms with Crippen molar-refractivity contribution in [1.29, 1.82) is 0 Å². The molecule has 2 heteroatoms. The molecule has 108 valence electrons. The number of hydrogen-bond acceptors (Lipinski definition) is 2. The molecule has 0 amide bonds. The molecule has 19 heavy (non-hydrogen) atoms. The lowest BCUT2D eigenvalue weighted by atomic mass is 9.92. The number of fused-ring (bicyclic) bond motifs is 1. The molecule has 2 aliphatic heterocycles. The van der Waals surface area contributed by atoms with E-state index in [4.69, 9.17) is 0 Å². The van der Waals surface area contributed by atoms with Gasteiger partial charge in [0.1, 0.15) is 0 Å². The van der Waals surface area contributed by atoms with Gasteiger partial charge in [0.05, 0.1) is 0 Å². The van der Waals surface area contributed by atoms with Gasteiger partial charge in [0, 0.05) is 31.2 Å². The molecule has 4 rings (SSSR count). The van der Waals surface area contributed by atoms with Crippen LogP contribution in [0, 0.1) is 17.8 Å². The van der Waals surface area contributed by atoms with Gasteiger partial charge in [-0.05, 0) is 62.8 Å². The fraction of sp³-hybridized carbons (Fsp3) is 1.00. The van der Waals surface area contributed by atoms with E-state index in [1.54, 1.807) is 0 Å². The quantitative estimate of drug-likeness (QED) is 0.768. The average Bonchev–Trinajstić information content (AvgIpc) is 3.29. The zero-order chi connectivity index (χ0) is 13.0. The highest BCUT2D eigenvalue weighted by Gasteiger charge is 2.49. The third kappa shape index (κ3) is 2.35. The predicted octanol–water partition coefficient (Wildman–Crippen LogP) is 2.98. The van der Waals surface area contributed by atoms with Crippen LogP contribution in [0.4, 0.5) is 0 Å². The van der Waals surface area contributed by atoms with Crippen LogP contribution < -0.4 is 0 Å². The van der Waals surface area contributed by atoms with Crippen molar-refractivity contribution >= 4 is 0 Å². The summed E-state index contributed by atoms with van der Waals surface area (Å²) < 4.78 is 0. The average molecular weight is 262 g/mol. The van der Waals surface area contributed by atoms with Crippen molar-refractivity contribution in [2.75, 3.05) is 19.6 Å². The lowest BCUT2D eigenvalue weighted by molar-refractivity contribution is -0.0128. The van der Waals surface area contributed by atoms with Crippen LogP contribution in [0.25, 0.3) is 0 Å². The van der Waals surface area contributed by atoms with Crippen LogP contribution in [0.3, 0.4) is 0 Å². The molecule has 0 bridgehead atoms. The number of nitrogens with zero attached hydrogens (tertiary/aromatic N) is 2. The van der Waals surface area contributed by atoms with Crippen LogP contribution in [0.5, 0.6) is 0 Å². The largest absolute Gasteiger partial charge is 0.298 e. The van der Waals surface area contributed by atoms with E-state index in [2.05, 4.69) is 23.6 Å². The Balaban J connectivity index is 1.55. The molecule has 2 unspecified atom stereocenters. The van der Waals surface area contributed by atoms with Crippen LogP contribution in [0.2, 0.25) is 0 Å². The molecule has 2 saturated heterocycles. The Morgan fingerprint density at radius 1 is 0.895 bits per heavy atom. The van der Waals surface area contributed by atoms with Crippen LogP contribution in [0.1, 0.15) is 52.4 Å². The second-order valence-corrected chi connectivity index (χ2v) is 7.96. The molecular formula is C17H30N2. The van der Waals surface area contributed by atoms with Crippen molar-refractivity contribution in [3.8, 4) is 0 Å². The molecule has 2 nitrogen and oxygen atoms in total. The van der Waals surface area contributed by atoms with Gasteiger partial charge in [-0.2, -0.15) is 0 Å². The molecule has 2 heterocycles. The fourth-order valence-electron chi connectivity index (χ4n) is 4.80. The second-order valence-electron chi connectivity index (χ2n) is 7.96. The van der Waals surface area contributed by atoms with Gasteiger partial charge < -0.3 is 0 Å². The first kappa shape index (κ1) is 12.6. The molecule has 0 spiro atoms. The van der Waals surface area contributed by atoms with Crippen molar-refractivity contribution in [2.45, 2.75) is 70.5 Å². The van der Waals surface area contributed by atoms with Gasteiger partial charge in [0.25, 0.3) is 0 Å². The van der Waals surface area contributed by atoms with Crippen LogP contribution in [-0.4, -0.2) is 47.6 Å². The van der Waals surface area contributed by atoms with Crippen molar-refractivity contribution in [1.82, 2.24) is 9.80 Å². The molecule has 0 aromatic heterocycles. The molecule has 2 saturated carbocycles. The van der Waals surface area contributed by atoms with E-state index >= 15 is 0 Å². The minimum atomic E-state index is 0.821. The summed E-state index contributed by atoms with van der Waals surface area (Å²) in [7, 11) is 0. The summed E-state index contributed by atoms with van der Waals surface area (Å²) in [4.78, 5) is 5.81. The Labute approximate surface area is 118 Å². The van der Waals surface area contributed by atoms with Gasteiger partial charge >= 0.3 is 0 Å². The summed E-state index contributed by atoms with van der Waals surface area (Å²) in [5.74, 6) is 2.96. The minimum Gasteiger partial charge on any atom is -0.298 e. The van der Waals surface area contributed by atoms with E-state index in [9.17, 15) is 0 Å². The number of piperazine rings is 1. The van der Waals surface area contributed by atoms with E-state index in [0.29, 0.717) is 0 Å². The molecule has 4 aliphatic rings. The molecule has 0 aromatic carbocycles. The highest BCUT2D eigenvalue weighted by Crippen LogP contribution is 2.49. The Morgan fingerprint density at radius 3 is 2.16 bits per heavy atom.